The number of para-hydroxylation sites is 1. The van der Waals surface area contributed by atoms with Gasteiger partial charge in [-0.15, -0.1) is 0 Å². The van der Waals surface area contributed by atoms with Gasteiger partial charge in [0.15, 0.2) is 0 Å². The van der Waals surface area contributed by atoms with Crippen LogP contribution in [0.4, 0.5) is 0 Å². The number of benzene rings is 1. The van der Waals surface area contributed by atoms with E-state index >= 15 is 0 Å². The van der Waals surface area contributed by atoms with E-state index in [1.807, 2.05) is 25.1 Å². The maximum absolute atomic E-state index is 11.0. The number of nitrogens with two attached hydrogens (primary N) is 1. The van der Waals surface area contributed by atoms with E-state index in [4.69, 9.17) is 15.6 Å². The van der Waals surface area contributed by atoms with Gasteiger partial charge in [-0.3, -0.25) is 4.79 Å². The second kappa shape index (κ2) is 5.19. The average molecular weight is 237 g/mol. The largest absolute Gasteiger partial charge is 0.492 e. The fourth-order valence-corrected chi connectivity index (χ4v) is 1.31. The lowest BCUT2D eigenvalue weighted by Crippen LogP contribution is -2.31. The topological polar surface area (TPSA) is 72.5 Å². The van der Waals surface area contributed by atoms with Crippen molar-refractivity contribution in [3.05, 3.63) is 29.8 Å². The normalized spacial score (nSPS) is 13.2. The molecule has 17 heavy (non-hydrogen) atoms. The Morgan fingerprint density at radius 1 is 1.47 bits per heavy atom. The number of aliphatic carboxylic acids is 1. The molecule has 0 aliphatic carbocycles. The summed E-state index contributed by atoms with van der Waals surface area (Å²) >= 11 is 0. The summed E-state index contributed by atoms with van der Waals surface area (Å²) in [5.41, 5.74) is 5.79. The van der Waals surface area contributed by atoms with Gasteiger partial charge in [0.2, 0.25) is 0 Å². The van der Waals surface area contributed by atoms with Crippen molar-refractivity contribution in [2.45, 2.75) is 26.8 Å². The van der Waals surface area contributed by atoms with Gasteiger partial charge in [-0.25, -0.2) is 0 Å². The van der Waals surface area contributed by atoms with Crippen LogP contribution in [0.15, 0.2) is 24.3 Å². The highest BCUT2D eigenvalue weighted by molar-refractivity contribution is 5.73. The molecular formula is C13H19NO3. The second-order valence-corrected chi connectivity index (χ2v) is 4.80. The fraction of sp³-hybridized carbons (Fsp3) is 0.462. The number of carboxylic acids is 1. The third kappa shape index (κ3) is 3.46. The summed E-state index contributed by atoms with van der Waals surface area (Å²) in [7, 11) is 0. The molecule has 0 heterocycles. The van der Waals surface area contributed by atoms with Crippen molar-refractivity contribution in [2.75, 3.05) is 6.61 Å². The van der Waals surface area contributed by atoms with E-state index < -0.39 is 11.4 Å². The van der Waals surface area contributed by atoms with Crippen molar-refractivity contribution in [1.29, 1.82) is 0 Å². The predicted molar refractivity (Wildman–Crippen MR) is 66.0 cm³/mol. The lowest BCUT2D eigenvalue weighted by Gasteiger charge is -2.21. The van der Waals surface area contributed by atoms with E-state index in [2.05, 4.69) is 0 Å². The van der Waals surface area contributed by atoms with Crippen LogP contribution in [0.3, 0.4) is 0 Å². The van der Waals surface area contributed by atoms with Crippen molar-refractivity contribution in [3.8, 4) is 5.75 Å². The standard InChI is InChI=1S/C13H19NO3/c1-9(14)10-6-4-5-7-11(10)17-8-13(2,3)12(15)16/h4-7,9H,8,14H2,1-3H3,(H,15,16)/t9-/m0/s1. The van der Waals surface area contributed by atoms with Gasteiger partial charge in [-0.1, -0.05) is 18.2 Å². The number of ether oxygens (including phenoxy) is 1. The zero-order valence-electron chi connectivity index (χ0n) is 10.4. The first kappa shape index (κ1) is 13.5. The molecule has 3 N–H and O–H groups in total. The molecule has 1 atom stereocenters. The molecule has 0 saturated heterocycles. The minimum Gasteiger partial charge on any atom is -0.492 e. The third-order valence-electron chi connectivity index (χ3n) is 2.58. The summed E-state index contributed by atoms with van der Waals surface area (Å²) in [6.07, 6.45) is 0. The van der Waals surface area contributed by atoms with Crippen LogP contribution in [0, 0.1) is 5.41 Å². The van der Waals surface area contributed by atoms with Gasteiger partial charge in [0.25, 0.3) is 0 Å². The zero-order chi connectivity index (χ0) is 13.1. The molecule has 1 rings (SSSR count). The van der Waals surface area contributed by atoms with Gasteiger partial charge < -0.3 is 15.6 Å². The Bertz CT molecular complexity index is 399. The van der Waals surface area contributed by atoms with Gasteiger partial charge >= 0.3 is 5.97 Å². The van der Waals surface area contributed by atoms with Crippen molar-refractivity contribution in [3.63, 3.8) is 0 Å². The molecule has 94 valence electrons. The fourth-order valence-electron chi connectivity index (χ4n) is 1.31. The highest BCUT2D eigenvalue weighted by Gasteiger charge is 2.28. The number of hydrogen-bond donors (Lipinski definition) is 2. The van der Waals surface area contributed by atoms with Crippen LogP contribution in [0.5, 0.6) is 5.75 Å². The highest BCUT2D eigenvalue weighted by Crippen LogP contribution is 2.25. The van der Waals surface area contributed by atoms with Crippen LogP contribution in [0.1, 0.15) is 32.4 Å². The first-order valence-electron chi connectivity index (χ1n) is 5.55. The maximum Gasteiger partial charge on any atom is 0.312 e. The van der Waals surface area contributed by atoms with Crippen LogP contribution >= 0.6 is 0 Å². The van der Waals surface area contributed by atoms with E-state index in [1.54, 1.807) is 19.9 Å². The summed E-state index contributed by atoms with van der Waals surface area (Å²) in [6, 6.07) is 7.27. The monoisotopic (exact) mass is 237 g/mol. The molecule has 0 amide bonds. The molecule has 0 aliphatic heterocycles. The number of rotatable bonds is 5. The molecule has 0 spiro atoms. The van der Waals surface area contributed by atoms with E-state index in [9.17, 15) is 4.79 Å². The van der Waals surface area contributed by atoms with Crippen LogP contribution in [-0.4, -0.2) is 17.7 Å². The van der Waals surface area contributed by atoms with Gasteiger partial charge in [0.05, 0.1) is 5.41 Å². The molecular weight excluding hydrogens is 218 g/mol. The van der Waals surface area contributed by atoms with E-state index in [0.717, 1.165) is 5.56 Å². The van der Waals surface area contributed by atoms with Gasteiger partial charge in [-0.2, -0.15) is 0 Å². The van der Waals surface area contributed by atoms with E-state index in [0.29, 0.717) is 5.75 Å². The summed E-state index contributed by atoms with van der Waals surface area (Å²) in [5, 5.41) is 8.99. The lowest BCUT2D eigenvalue weighted by molar-refractivity contribution is -0.148. The van der Waals surface area contributed by atoms with E-state index in [1.165, 1.54) is 0 Å². The highest BCUT2D eigenvalue weighted by atomic mass is 16.5. The van der Waals surface area contributed by atoms with Crippen molar-refractivity contribution < 1.29 is 14.6 Å². The molecule has 0 fully saturated rings. The Morgan fingerprint density at radius 3 is 2.59 bits per heavy atom. The molecule has 1 aromatic rings. The molecule has 0 saturated carbocycles. The van der Waals surface area contributed by atoms with E-state index in [-0.39, 0.29) is 12.6 Å². The van der Waals surface area contributed by atoms with Crippen molar-refractivity contribution in [2.24, 2.45) is 11.1 Å². The van der Waals surface area contributed by atoms with Crippen LogP contribution in [0.2, 0.25) is 0 Å². The Kier molecular flexibility index (Phi) is 4.12. The van der Waals surface area contributed by atoms with Crippen LogP contribution in [0.25, 0.3) is 0 Å². The lowest BCUT2D eigenvalue weighted by atomic mass is 9.95. The predicted octanol–water partition coefficient (Wildman–Crippen LogP) is 2.20. The maximum atomic E-state index is 11.0. The molecule has 4 nitrogen and oxygen atoms in total. The molecule has 4 heteroatoms. The van der Waals surface area contributed by atoms with Gasteiger partial charge in [0, 0.05) is 11.6 Å². The van der Waals surface area contributed by atoms with Crippen molar-refractivity contribution in [1.82, 2.24) is 0 Å². The second-order valence-electron chi connectivity index (χ2n) is 4.80. The summed E-state index contributed by atoms with van der Waals surface area (Å²) in [5.74, 6) is -0.229. The van der Waals surface area contributed by atoms with Gasteiger partial charge in [0.1, 0.15) is 12.4 Å². The molecule has 0 aromatic heterocycles. The Balaban J connectivity index is 2.79. The number of carbonyl (C=O) groups is 1. The van der Waals surface area contributed by atoms with Crippen molar-refractivity contribution >= 4 is 5.97 Å². The quantitative estimate of drug-likeness (QED) is 0.823. The molecule has 0 radical (unpaired) electrons. The van der Waals surface area contributed by atoms with Crippen LogP contribution in [-0.2, 0) is 4.79 Å². The zero-order valence-corrected chi connectivity index (χ0v) is 10.4. The Hall–Kier alpha value is -1.55. The Labute approximate surface area is 101 Å². The first-order valence-corrected chi connectivity index (χ1v) is 5.55. The first-order chi connectivity index (χ1) is 7.84. The smallest absolute Gasteiger partial charge is 0.312 e. The van der Waals surface area contributed by atoms with Crippen LogP contribution < -0.4 is 10.5 Å². The summed E-state index contributed by atoms with van der Waals surface area (Å²) < 4.78 is 5.56. The third-order valence-corrected chi connectivity index (χ3v) is 2.58. The molecule has 1 aromatic carbocycles. The molecule has 0 unspecified atom stereocenters. The minimum absolute atomic E-state index is 0.117. The Morgan fingerprint density at radius 2 is 2.06 bits per heavy atom. The molecule has 0 aliphatic rings. The summed E-state index contributed by atoms with van der Waals surface area (Å²) in [4.78, 5) is 11.0. The minimum atomic E-state index is -0.912. The number of hydrogen-bond acceptors (Lipinski definition) is 3. The van der Waals surface area contributed by atoms with Gasteiger partial charge in [-0.05, 0) is 26.8 Å². The summed E-state index contributed by atoms with van der Waals surface area (Å²) in [6.45, 7) is 5.24. The SMILES string of the molecule is C[C@H](N)c1ccccc1OCC(C)(C)C(=O)O. The average Bonchev–Trinajstić information content (AvgIpc) is 2.26. The molecule has 0 bridgehead atoms. The number of carboxylic acid groups (broad SMARTS) is 1.